The molecule has 0 bridgehead atoms. The first-order valence-electron chi connectivity index (χ1n) is 7.92. The van der Waals surface area contributed by atoms with Crippen molar-refractivity contribution in [2.24, 2.45) is 11.8 Å². The summed E-state index contributed by atoms with van der Waals surface area (Å²) < 4.78 is 0. The standard InChI is InChI=1S/C16H33N/c1-14(2)9-6-4-5-7-12-17-16-11-8-10-15(3)13-16/h14-17H,4-13H2,1-3H3. The van der Waals surface area contributed by atoms with Crippen LogP contribution in [0.2, 0.25) is 0 Å². The minimum absolute atomic E-state index is 0.828. The minimum atomic E-state index is 0.828. The molecule has 0 aromatic carbocycles. The Kier molecular flexibility index (Phi) is 7.92. The van der Waals surface area contributed by atoms with E-state index >= 15 is 0 Å². The van der Waals surface area contributed by atoms with Gasteiger partial charge >= 0.3 is 0 Å². The molecule has 1 saturated carbocycles. The van der Waals surface area contributed by atoms with Crippen LogP contribution in [0.4, 0.5) is 0 Å². The van der Waals surface area contributed by atoms with Gasteiger partial charge in [-0.1, -0.05) is 59.3 Å². The van der Waals surface area contributed by atoms with Crippen LogP contribution in [-0.2, 0) is 0 Å². The van der Waals surface area contributed by atoms with Gasteiger partial charge < -0.3 is 5.32 Å². The van der Waals surface area contributed by atoms with Gasteiger partial charge in [0, 0.05) is 6.04 Å². The van der Waals surface area contributed by atoms with Gasteiger partial charge in [-0.05, 0) is 37.6 Å². The summed E-state index contributed by atoms with van der Waals surface area (Å²) in [6.45, 7) is 8.30. The van der Waals surface area contributed by atoms with Crippen LogP contribution >= 0.6 is 0 Å². The fourth-order valence-electron chi connectivity index (χ4n) is 2.96. The van der Waals surface area contributed by atoms with E-state index in [2.05, 4.69) is 26.1 Å². The Morgan fingerprint density at radius 3 is 2.53 bits per heavy atom. The highest BCUT2D eigenvalue weighted by molar-refractivity contribution is 4.75. The smallest absolute Gasteiger partial charge is 0.00696 e. The zero-order valence-electron chi connectivity index (χ0n) is 12.3. The Balaban J connectivity index is 1.86. The molecule has 1 N–H and O–H groups in total. The zero-order valence-corrected chi connectivity index (χ0v) is 12.3. The van der Waals surface area contributed by atoms with Gasteiger partial charge in [-0.2, -0.15) is 0 Å². The molecule has 1 nitrogen and oxygen atoms in total. The number of hydrogen-bond acceptors (Lipinski definition) is 1. The Morgan fingerprint density at radius 1 is 1.06 bits per heavy atom. The van der Waals surface area contributed by atoms with Gasteiger partial charge in [0.2, 0.25) is 0 Å². The van der Waals surface area contributed by atoms with Gasteiger partial charge in [0.05, 0.1) is 0 Å². The second-order valence-electron chi connectivity index (χ2n) is 6.52. The molecule has 17 heavy (non-hydrogen) atoms. The highest BCUT2D eigenvalue weighted by Gasteiger charge is 2.17. The summed E-state index contributed by atoms with van der Waals surface area (Å²) >= 11 is 0. The molecule has 1 aliphatic carbocycles. The van der Waals surface area contributed by atoms with Crippen molar-refractivity contribution >= 4 is 0 Å². The molecule has 102 valence electrons. The summed E-state index contributed by atoms with van der Waals surface area (Å²) in [4.78, 5) is 0. The molecule has 0 saturated heterocycles. The predicted octanol–water partition coefficient (Wildman–Crippen LogP) is 4.76. The molecule has 1 fully saturated rings. The first-order valence-corrected chi connectivity index (χ1v) is 7.92. The lowest BCUT2D eigenvalue weighted by Crippen LogP contribution is -2.34. The predicted molar refractivity (Wildman–Crippen MR) is 77.3 cm³/mol. The highest BCUT2D eigenvalue weighted by Crippen LogP contribution is 2.23. The monoisotopic (exact) mass is 239 g/mol. The first-order chi connectivity index (χ1) is 8.18. The van der Waals surface area contributed by atoms with Crippen LogP contribution < -0.4 is 5.32 Å². The normalized spacial score (nSPS) is 25.4. The lowest BCUT2D eigenvalue weighted by Gasteiger charge is -2.27. The second kappa shape index (κ2) is 8.97. The summed E-state index contributed by atoms with van der Waals surface area (Å²) in [5.41, 5.74) is 0. The molecule has 0 aromatic heterocycles. The number of hydrogen-bond donors (Lipinski definition) is 1. The van der Waals surface area contributed by atoms with Crippen molar-refractivity contribution in [2.45, 2.75) is 84.6 Å². The van der Waals surface area contributed by atoms with E-state index in [9.17, 15) is 0 Å². The molecular formula is C16H33N. The van der Waals surface area contributed by atoms with Crippen LogP contribution in [0.5, 0.6) is 0 Å². The van der Waals surface area contributed by atoms with E-state index in [-0.39, 0.29) is 0 Å². The van der Waals surface area contributed by atoms with Gasteiger partial charge in [-0.3, -0.25) is 0 Å². The lowest BCUT2D eigenvalue weighted by molar-refractivity contribution is 0.300. The Hall–Kier alpha value is -0.0400. The number of nitrogens with one attached hydrogen (secondary N) is 1. The van der Waals surface area contributed by atoms with E-state index in [1.807, 2.05) is 0 Å². The van der Waals surface area contributed by atoms with Gasteiger partial charge in [0.1, 0.15) is 0 Å². The molecule has 2 unspecified atom stereocenters. The maximum Gasteiger partial charge on any atom is 0.00696 e. The third-order valence-corrected chi connectivity index (χ3v) is 4.08. The van der Waals surface area contributed by atoms with E-state index in [0.29, 0.717) is 0 Å². The molecule has 0 spiro atoms. The third-order valence-electron chi connectivity index (χ3n) is 4.08. The summed E-state index contributed by atoms with van der Waals surface area (Å²) in [5, 5.41) is 3.75. The summed E-state index contributed by atoms with van der Waals surface area (Å²) in [7, 11) is 0. The molecule has 1 heteroatoms. The molecule has 1 aliphatic rings. The van der Waals surface area contributed by atoms with Crippen molar-refractivity contribution in [3.8, 4) is 0 Å². The van der Waals surface area contributed by atoms with Crippen molar-refractivity contribution in [3.63, 3.8) is 0 Å². The van der Waals surface area contributed by atoms with Gasteiger partial charge in [-0.25, -0.2) is 0 Å². The molecule has 0 heterocycles. The van der Waals surface area contributed by atoms with E-state index < -0.39 is 0 Å². The Bertz CT molecular complexity index is 176. The average Bonchev–Trinajstić information content (AvgIpc) is 2.27. The second-order valence-corrected chi connectivity index (χ2v) is 6.52. The number of rotatable bonds is 8. The van der Waals surface area contributed by atoms with Crippen LogP contribution in [-0.4, -0.2) is 12.6 Å². The molecular weight excluding hydrogens is 206 g/mol. The van der Waals surface area contributed by atoms with Gasteiger partial charge in [0.25, 0.3) is 0 Å². The molecule has 2 atom stereocenters. The van der Waals surface area contributed by atoms with Gasteiger partial charge in [0.15, 0.2) is 0 Å². The van der Waals surface area contributed by atoms with Crippen LogP contribution in [0, 0.1) is 11.8 Å². The van der Waals surface area contributed by atoms with Gasteiger partial charge in [-0.15, -0.1) is 0 Å². The Labute approximate surface area is 109 Å². The zero-order chi connectivity index (χ0) is 12.5. The minimum Gasteiger partial charge on any atom is -0.314 e. The maximum atomic E-state index is 3.75. The Morgan fingerprint density at radius 2 is 1.82 bits per heavy atom. The quantitative estimate of drug-likeness (QED) is 0.602. The summed E-state index contributed by atoms with van der Waals surface area (Å²) in [5.74, 6) is 1.84. The molecule has 1 rings (SSSR count). The van der Waals surface area contributed by atoms with E-state index in [1.54, 1.807) is 0 Å². The third kappa shape index (κ3) is 7.81. The molecule has 0 aromatic rings. The summed E-state index contributed by atoms with van der Waals surface area (Å²) in [6, 6.07) is 0.828. The lowest BCUT2D eigenvalue weighted by atomic mass is 9.87. The maximum absolute atomic E-state index is 3.75. The molecule has 0 aliphatic heterocycles. The van der Waals surface area contributed by atoms with E-state index in [1.165, 1.54) is 64.3 Å². The van der Waals surface area contributed by atoms with Crippen LogP contribution in [0.15, 0.2) is 0 Å². The first kappa shape index (κ1) is 15.0. The van der Waals surface area contributed by atoms with E-state index in [0.717, 1.165) is 17.9 Å². The van der Waals surface area contributed by atoms with Crippen LogP contribution in [0.1, 0.15) is 78.6 Å². The summed E-state index contributed by atoms with van der Waals surface area (Å²) in [6.07, 6.45) is 12.8. The topological polar surface area (TPSA) is 12.0 Å². The van der Waals surface area contributed by atoms with Crippen molar-refractivity contribution in [2.75, 3.05) is 6.54 Å². The highest BCUT2D eigenvalue weighted by atomic mass is 14.9. The van der Waals surface area contributed by atoms with Crippen molar-refractivity contribution in [1.29, 1.82) is 0 Å². The van der Waals surface area contributed by atoms with Crippen LogP contribution in [0.3, 0.4) is 0 Å². The fourth-order valence-corrected chi connectivity index (χ4v) is 2.96. The SMILES string of the molecule is CC(C)CCCCCCNC1CCCC(C)C1. The molecule has 0 radical (unpaired) electrons. The van der Waals surface area contributed by atoms with Crippen molar-refractivity contribution in [3.05, 3.63) is 0 Å². The van der Waals surface area contributed by atoms with E-state index in [4.69, 9.17) is 0 Å². The van der Waals surface area contributed by atoms with Crippen molar-refractivity contribution < 1.29 is 0 Å². The fraction of sp³-hybridized carbons (Fsp3) is 1.00. The van der Waals surface area contributed by atoms with Crippen LogP contribution in [0.25, 0.3) is 0 Å². The largest absolute Gasteiger partial charge is 0.314 e. The molecule has 0 amide bonds. The average molecular weight is 239 g/mol. The van der Waals surface area contributed by atoms with Crippen molar-refractivity contribution in [1.82, 2.24) is 5.32 Å². The number of unbranched alkanes of at least 4 members (excludes halogenated alkanes) is 3.